The van der Waals surface area contributed by atoms with E-state index in [-0.39, 0.29) is 5.97 Å². The van der Waals surface area contributed by atoms with E-state index in [0.29, 0.717) is 19.6 Å². The summed E-state index contributed by atoms with van der Waals surface area (Å²) in [5.74, 6) is -0.298. The lowest BCUT2D eigenvalue weighted by Crippen LogP contribution is -2.43. The van der Waals surface area contributed by atoms with Crippen molar-refractivity contribution >= 4 is 5.97 Å². The van der Waals surface area contributed by atoms with E-state index in [9.17, 15) is 4.79 Å². The monoisotopic (exact) mass is 217 g/mol. The second-order valence-corrected chi connectivity index (χ2v) is 3.77. The summed E-state index contributed by atoms with van der Waals surface area (Å²) in [6.45, 7) is 8.37. The number of esters is 1. The van der Waals surface area contributed by atoms with Crippen molar-refractivity contribution < 1.29 is 14.3 Å². The lowest BCUT2D eigenvalue weighted by atomic mass is 10.0. The molecule has 0 aromatic heterocycles. The van der Waals surface area contributed by atoms with Gasteiger partial charge in [-0.3, -0.25) is 0 Å². The molecule has 0 aromatic rings. The molecule has 90 valence electrons. The fourth-order valence-electron chi connectivity index (χ4n) is 1.15. The summed E-state index contributed by atoms with van der Waals surface area (Å²) < 4.78 is 10.6. The molecular weight excluding hydrogens is 194 g/mol. The molecule has 0 saturated heterocycles. The molecule has 0 rings (SSSR count). The highest BCUT2D eigenvalue weighted by atomic mass is 16.6. The van der Waals surface area contributed by atoms with Crippen LogP contribution >= 0.6 is 0 Å². The molecule has 0 amide bonds. The van der Waals surface area contributed by atoms with Gasteiger partial charge in [-0.05, 0) is 26.7 Å². The molecule has 0 heterocycles. The summed E-state index contributed by atoms with van der Waals surface area (Å²) in [4.78, 5) is 11.5. The van der Waals surface area contributed by atoms with Crippen molar-refractivity contribution in [3.63, 3.8) is 0 Å². The summed E-state index contributed by atoms with van der Waals surface area (Å²) in [6.07, 6.45) is 0.881. The highest BCUT2D eigenvalue weighted by Gasteiger charge is 2.29. The number of ether oxygens (including phenoxy) is 2. The normalized spacial score (nSPS) is 16.9. The highest BCUT2D eigenvalue weighted by molar-refractivity contribution is 5.74. The fraction of sp³-hybridized carbons (Fsp3) is 0.909. The number of carbonyl (C=O) groups is 1. The van der Waals surface area contributed by atoms with Crippen LogP contribution in [-0.2, 0) is 14.3 Å². The summed E-state index contributed by atoms with van der Waals surface area (Å²) in [7, 11) is 0. The van der Waals surface area contributed by atoms with Crippen LogP contribution in [0.2, 0.25) is 0 Å². The third-order valence-electron chi connectivity index (χ3n) is 2.53. The Morgan fingerprint density at radius 2 is 2.00 bits per heavy atom. The Balaban J connectivity index is 4.36. The number of nitrogens with two attached hydrogens (primary N) is 1. The minimum atomic E-state index is -0.501. The van der Waals surface area contributed by atoms with Gasteiger partial charge in [0.2, 0.25) is 0 Å². The van der Waals surface area contributed by atoms with Crippen LogP contribution in [0.1, 0.15) is 40.5 Å². The summed E-state index contributed by atoms with van der Waals surface area (Å²) in [6, 6.07) is 0. The SMILES string of the molecule is CCOC(=O)C(CC)OC(C)(CC)CN. The first-order valence-electron chi connectivity index (χ1n) is 5.57. The lowest BCUT2D eigenvalue weighted by molar-refractivity contribution is -0.168. The van der Waals surface area contributed by atoms with Crippen LogP contribution in [0.25, 0.3) is 0 Å². The summed E-state index contributed by atoms with van der Waals surface area (Å²) >= 11 is 0. The molecule has 2 unspecified atom stereocenters. The van der Waals surface area contributed by atoms with Gasteiger partial charge in [0.05, 0.1) is 12.2 Å². The molecular formula is C11H23NO3. The van der Waals surface area contributed by atoms with E-state index in [1.165, 1.54) is 0 Å². The van der Waals surface area contributed by atoms with Gasteiger partial charge in [-0.25, -0.2) is 4.79 Å². The third-order valence-corrected chi connectivity index (χ3v) is 2.53. The van der Waals surface area contributed by atoms with Crippen LogP contribution in [0.4, 0.5) is 0 Å². The number of rotatable bonds is 7. The van der Waals surface area contributed by atoms with Gasteiger partial charge in [0.25, 0.3) is 0 Å². The molecule has 0 spiro atoms. The molecule has 0 radical (unpaired) electrons. The third kappa shape index (κ3) is 4.62. The lowest BCUT2D eigenvalue weighted by Gasteiger charge is -2.30. The first-order chi connectivity index (χ1) is 7.02. The van der Waals surface area contributed by atoms with Crippen molar-refractivity contribution in [1.29, 1.82) is 0 Å². The predicted molar refractivity (Wildman–Crippen MR) is 59.5 cm³/mol. The topological polar surface area (TPSA) is 61.5 Å². The van der Waals surface area contributed by atoms with E-state index >= 15 is 0 Å². The van der Waals surface area contributed by atoms with E-state index in [1.54, 1.807) is 6.92 Å². The smallest absolute Gasteiger partial charge is 0.335 e. The minimum absolute atomic E-state index is 0.298. The second-order valence-electron chi connectivity index (χ2n) is 3.77. The zero-order valence-electron chi connectivity index (χ0n) is 10.2. The molecule has 0 aliphatic carbocycles. The standard InChI is InChI=1S/C11H23NO3/c1-5-9(10(13)14-7-3)15-11(4,6-2)8-12/h9H,5-8,12H2,1-4H3. The van der Waals surface area contributed by atoms with Crippen LogP contribution in [-0.4, -0.2) is 30.8 Å². The van der Waals surface area contributed by atoms with Crippen molar-refractivity contribution in [3.8, 4) is 0 Å². The van der Waals surface area contributed by atoms with E-state index < -0.39 is 11.7 Å². The van der Waals surface area contributed by atoms with E-state index in [1.807, 2.05) is 20.8 Å². The molecule has 4 heteroatoms. The van der Waals surface area contributed by atoms with Crippen LogP contribution in [0, 0.1) is 0 Å². The van der Waals surface area contributed by atoms with Gasteiger partial charge in [0, 0.05) is 6.54 Å². The largest absolute Gasteiger partial charge is 0.464 e. The molecule has 0 aliphatic rings. The molecule has 0 fully saturated rings. The molecule has 4 nitrogen and oxygen atoms in total. The maximum absolute atomic E-state index is 11.5. The maximum Gasteiger partial charge on any atom is 0.335 e. The Hall–Kier alpha value is -0.610. The summed E-state index contributed by atoms with van der Waals surface area (Å²) in [5, 5.41) is 0. The van der Waals surface area contributed by atoms with Crippen molar-refractivity contribution in [2.24, 2.45) is 5.73 Å². The Kier molecular flexibility index (Phi) is 6.52. The van der Waals surface area contributed by atoms with E-state index in [4.69, 9.17) is 15.2 Å². The minimum Gasteiger partial charge on any atom is -0.464 e. The molecule has 0 bridgehead atoms. The Bertz CT molecular complexity index is 190. The van der Waals surface area contributed by atoms with Crippen molar-refractivity contribution in [3.05, 3.63) is 0 Å². The summed E-state index contributed by atoms with van der Waals surface area (Å²) in [5.41, 5.74) is 5.18. The van der Waals surface area contributed by atoms with Gasteiger partial charge < -0.3 is 15.2 Å². The molecule has 0 saturated carbocycles. The first-order valence-corrected chi connectivity index (χ1v) is 5.57. The van der Waals surface area contributed by atoms with Crippen LogP contribution in [0.15, 0.2) is 0 Å². The van der Waals surface area contributed by atoms with Crippen LogP contribution in [0.5, 0.6) is 0 Å². The molecule has 0 aromatic carbocycles. The molecule has 15 heavy (non-hydrogen) atoms. The Labute approximate surface area is 92.1 Å². The Morgan fingerprint density at radius 3 is 2.33 bits per heavy atom. The van der Waals surface area contributed by atoms with Crippen LogP contribution < -0.4 is 5.73 Å². The zero-order chi connectivity index (χ0) is 11.9. The van der Waals surface area contributed by atoms with E-state index in [0.717, 1.165) is 6.42 Å². The first kappa shape index (κ1) is 14.4. The van der Waals surface area contributed by atoms with Crippen molar-refractivity contribution in [1.82, 2.24) is 0 Å². The maximum atomic E-state index is 11.5. The number of hydrogen-bond acceptors (Lipinski definition) is 4. The van der Waals surface area contributed by atoms with Gasteiger partial charge in [-0.2, -0.15) is 0 Å². The quantitative estimate of drug-likeness (QED) is 0.656. The van der Waals surface area contributed by atoms with Crippen molar-refractivity contribution in [2.75, 3.05) is 13.2 Å². The van der Waals surface area contributed by atoms with Crippen molar-refractivity contribution in [2.45, 2.75) is 52.2 Å². The molecule has 0 aliphatic heterocycles. The average Bonchev–Trinajstić information content (AvgIpc) is 2.26. The van der Waals surface area contributed by atoms with Crippen LogP contribution in [0.3, 0.4) is 0 Å². The predicted octanol–water partition coefficient (Wildman–Crippen LogP) is 1.47. The van der Waals surface area contributed by atoms with Gasteiger partial charge in [0.1, 0.15) is 0 Å². The zero-order valence-corrected chi connectivity index (χ0v) is 10.2. The molecule has 2 atom stereocenters. The van der Waals surface area contributed by atoms with Gasteiger partial charge in [0.15, 0.2) is 6.10 Å². The van der Waals surface area contributed by atoms with Gasteiger partial charge in [-0.1, -0.05) is 13.8 Å². The number of carbonyl (C=O) groups excluding carboxylic acids is 1. The number of hydrogen-bond donors (Lipinski definition) is 1. The fourth-order valence-corrected chi connectivity index (χ4v) is 1.15. The Morgan fingerprint density at radius 1 is 1.40 bits per heavy atom. The highest BCUT2D eigenvalue weighted by Crippen LogP contribution is 2.18. The van der Waals surface area contributed by atoms with Gasteiger partial charge >= 0.3 is 5.97 Å². The average molecular weight is 217 g/mol. The van der Waals surface area contributed by atoms with E-state index in [2.05, 4.69) is 0 Å². The van der Waals surface area contributed by atoms with Gasteiger partial charge in [-0.15, -0.1) is 0 Å². The second kappa shape index (κ2) is 6.80. The molecule has 2 N–H and O–H groups in total.